The number of carbonyl (C=O) groups excluding carboxylic acids is 2. The summed E-state index contributed by atoms with van der Waals surface area (Å²) in [4.78, 5) is 27.7. The summed E-state index contributed by atoms with van der Waals surface area (Å²) in [5.41, 5.74) is -0.456. The maximum atomic E-state index is 12.5. The van der Waals surface area contributed by atoms with Crippen LogP contribution in [0, 0.1) is 5.41 Å². The molecule has 116 valence electrons. The molecule has 0 bridgehead atoms. The van der Waals surface area contributed by atoms with E-state index in [1.165, 1.54) is 0 Å². The maximum Gasteiger partial charge on any atom is 0.244 e. The SMILES string of the molecule is C[C@@H](NC(=O)[C@H]1CSCN1C(=O)C(C)(C)C)c1cccs1. The van der Waals surface area contributed by atoms with Crippen LogP contribution in [-0.2, 0) is 9.59 Å². The van der Waals surface area contributed by atoms with Crippen molar-refractivity contribution >= 4 is 34.9 Å². The molecule has 1 saturated heterocycles. The fraction of sp³-hybridized carbons (Fsp3) is 0.600. The maximum absolute atomic E-state index is 12.5. The van der Waals surface area contributed by atoms with E-state index >= 15 is 0 Å². The predicted molar refractivity (Wildman–Crippen MR) is 88.3 cm³/mol. The van der Waals surface area contributed by atoms with Gasteiger partial charge < -0.3 is 10.2 Å². The lowest BCUT2D eigenvalue weighted by Gasteiger charge is -2.30. The number of amides is 2. The highest BCUT2D eigenvalue weighted by Crippen LogP contribution is 2.28. The molecule has 6 heteroatoms. The Hall–Kier alpha value is -1.01. The summed E-state index contributed by atoms with van der Waals surface area (Å²) < 4.78 is 0. The summed E-state index contributed by atoms with van der Waals surface area (Å²) in [7, 11) is 0. The molecule has 2 amide bonds. The third-order valence-electron chi connectivity index (χ3n) is 3.42. The van der Waals surface area contributed by atoms with Crippen molar-refractivity contribution in [3.63, 3.8) is 0 Å². The number of carbonyl (C=O) groups is 2. The minimum atomic E-state index is -0.456. The predicted octanol–water partition coefficient (Wildman–Crippen LogP) is 2.87. The Morgan fingerprint density at radius 1 is 1.43 bits per heavy atom. The number of thiophene rings is 1. The number of nitrogens with one attached hydrogen (secondary N) is 1. The smallest absolute Gasteiger partial charge is 0.244 e. The van der Waals surface area contributed by atoms with Crippen molar-refractivity contribution in [2.24, 2.45) is 5.41 Å². The van der Waals surface area contributed by atoms with E-state index in [9.17, 15) is 9.59 Å². The summed E-state index contributed by atoms with van der Waals surface area (Å²) >= 11 is 3.26. The van der Waals surface area contributed by atoms with Gasteiger partial charge in [-0.2, -0.15) is 0 Å². The third kappa shape index (κ3) is 3.80. The van der Waals surface area contributed by atoms with Crippen LogP contribution in [0.25, 0.3) is 0 Å². The lowest BCUT2D eigenvalue weighted by molar-refractivity contribution is -0.144. The zero-order valence-corrected chi connectivity index (χ0v) is 14.5. The molecule has 0 saturated carbocycles. The monoisotopic (exact) mass is 326 g/mol. The molecule has 0 unspecified atom stereocenters. The standard InChI is InChI=1S/C15H22N2O2S2/c1-10(12-6-5-7-21-12)16-13(18)11-8-20-9-17(11)14(19)15(2,3)4/h5-7,10-11H,8-9H2,1-4H3,(H,16,18)/t10-,11-/m1/s1. The Morgan fingerprint density at radius 3 is 2.71 bits per heavy atom. The molecule has 0 aliphatic carbocycles. The van der Waals surface area contributed by atoms with Gasteiger partial charge in [0.25, 0.3) is 0 Å². The first kappa shape index (κ1) is 16.4. The van der Waals surface area contributed by atoms with E-state index in [1.807, 2.05) is 45.2 Å². The molecule has 21 heavy (non-hydrogen) atoms. The van der Waals surface area contributed by atoms with Crippen LogP contribution in [0.3, 0.4) is 0 Å². The molecule has 1 aromatic heterocycles. The molecular weight excluding hydrogens is 304 g/mol. The van der Waals surface area contributed by atoms with Crippen molar-refractivity contribution in [1.29, 1.82) is 0 Å². The fourth-order valence-electron chi connectivity index (χ4n) is 2.21. The van der Waals surface area contributed by atoms with Gasteiger partial charge in [-0.1, -0.05) is 26.8 Å². The first-order valence-corrected chi connectivity index (χ1v) is 9.06. The molecule has 1 aromatic rings. The van der Waals surface area contributed by atoms with Crippen LogP contribution in [-0.4, -0.2) is 34.4 Å². The van der Waals surface area contributed by atoms with Gasteiger partial charge in [0.15, 0.2) is 0 Å². The highest BCUT2D eigenvalue weighted by molar-refractivity contribution is 7.99. The number of rotatable bonds is 3. The molecule has 0 radical (unpaired) electrons. The van der Waals surface area contributed by atoms with Crippen molar-refractivity contribution < 1.29 is 9.59 Å². The summed E-state index contributed by atoms with van der Waals surface area (Å²) in [5, 5.41) is 5.02. The second kappa shape index (κ2) is 6.40. The van der Waals surface area contributed by atoms with Gasteiger partial charge in [0.2, 0.25) is 11.8 Å². The van der Waals surface area contributed by atoms with Crippen LogP contribution in [0.15, 0.2) is 17.5 Å². The van der Waals surface area contributed by atoms with Crippen molar-refractivity contribution in [2.75, 3.05) is 11.6 Å². The van der Waals surface area contributed by atoms with E-state index < -0.39 is 5.41 Å². The van der Waals surface area contributed by atoms with E-state index in [0.717, 1.165) is 4.88 Å². The Morgan fingerprint density at radius 2 is 2.14 bits per heavy atom. The van der Waals surface area contributed by atoms with Crippen LogP contribution in [0.5, 0.6) is 0 Å². The molecule has 1 aliphatic heterocycles. The Kier molecular flexibility index (Phi) is 4.99. The molecule has 2 heterocycles. The van der Waals surface area contributed by atoms with Gasteiger partial charge in [0.1, 0.15) is 6.04 Å². The molecule has 1 aliphatic rings. The van der Waals surface area contributed by atoms with Crippen LogP contribution < -0.4 is 5.32 Å². The second-order valence-corrected chi connectivity index (χ2v) is 8.27. The average molecular weight is 326 g/mol. The third-order valence-corrected chi connectivity index (χ3v) is 5.48. The molecular formula is C15H22N2O2S2. The van der Waals surface area contributed by atoms with Crippen molar-refractivity contribution in [1.82, 2.24) is 10.2 Å². The van der Waals surface area contributed by atoms with Gasteiger partial charge >= 0.3 is 0 Å². The van der Waals surface area contributed by atoms with E-state index in [4.69, 9.17) is 0 Å². The van der Waals surface area contributed by atoms with Gasteiger partial charge in [0, 0.05) is 16.0 Å². The van der Waals surface area contributed by atoms with E-state index in [-0.39, 0.29) is 23.9 Å². The minimum Gasteiger partial charge on any atom is -0.347 e. The van der Waals surface area contributed by atoms with Crippen LogP contribution in [0.2, 0.25) is 0 Å². The number of nitrogens with zero attached hydrogens (tertiary/aromatic N) is 1. The van der Waals surface area contributed by atoms with E-state index in [2.05, 4.69) is 5.32 Å². The molecule has 0 spiro atoms. The molecule has 1 fully saturated rings. The molecule has 4 nitrogen and oxygen atoms in total. The van der Waals surface area contributed by atoms with Crippen LogP contribution >= 0.6 is 23.1 Å². The van der Waals surface area contributed by atoms with Gasteiger partial charge in [-0.25, -0.2) is 0 Å². The minimum absolute atomic E-state index is 0.0188. The zero-order chi connectivity index (χ0) is 15.6. The van der Waals surface area contributed by atoms with Gasteiger partial charge in [-0.15, -0.1) is 23.1 Å². The second-order valence-electron chi connectivity index (χ2n) is 6.29. The number of thioether (sulfide) groups is 1. The van der Waals surface area contributed by atoms with Crippen molar-refractivity contribution in [3.8, 4) is 0 Å². The topological polar surface area (TPSA) is 49.4 Å². The summed E-state index contributed by atoms with van der Waals surface area (Å²) in [6, 6.07) is 3.61. The first-order chi connectivity index (χ1) is 9.80. The van der Waals surface area contributed by atoms with E-state index in [0.29, 0.717) is 11.6 Å². The quantitative estimate of drug-likeness (QED) is 0.929. The summed E-state index contributed by atoms with van der Waals surface area (Å²) in [6.45, 7) is 7.65. The van der Waals surface area contributed by atoms with Crippen molar-refractivity contribution in [2.45, 2.75) is 39.8 Å². The van der Waals surface area contributed by atoms with Gasteiger partial charge in [-0.05, 0) is 18.4 Å². The zero-order valence-electron chi connectivity index (χ0n) is 12.9. The Labute approximate surface area is 134 Å². The van der Waals surface area contributed by atoms with E-state index in [1.54, 1.807) is 28.0 Å². The Balaban J connectivity index is 2.03. The molecule has 0 aromatic carbocycles. The highest BCUT2D eigenvalue weighted by atomic mass is 32.2. The number of hydrogen-bond acceptors (Lipinski definition) is 4. The first-order valence-electron chi connectivity index (χ1n) is 7.03. The molecule has 2 atom stereocenters. The van der Waals surface area contributed by atoms with Crippen LogP contribution in [0.4, 0.5) is 0 Å². The summed E-state index contributed by atoms with van der Waals surface area (Å²) in [6.07, 6.45) is 0. The van der Waals surface area contributed by atoms with Gasteiger partial charge in [0.05, 0.1) is 11.9 Å². The normalized spacial score (nSPS) is 20.4. The van der Waals surface area contributed by atoms with Crippen molar-refractivity contribution in [3.05, 3.63) is 22.4 Å². The fourth-order valence-corrected chi connectivity index (χ4v) is 4.10. The Bertz CT molecular complexity index is 508. The average Bonchev–Trinajstić information content (AvgIpc) is 3.07. The summed E-state index contributed by atoms with van der Waals surface area (Å²) in [5.74, 6) is 1.25. The number of hydrogen-bond donors (Lipinski definition) is 1. The van der Waals surface area contributed by atoms with Crippen LogP contribution in [0.1, 0.15) is 38.6 Å². The lowest BCUT2D eigenvalue weighted by Crippen LogP contribution is -2.50. The van der Waals surface area contributed by atoms with Gasteiger partial charge in [-0.3, -0.25) is 9.59 Å². The highest BCUT2D eigenvalue weighted by Gasteiger charge is 2.39. The molecule has 1 N–H and O–H groups in total. The largest absolute Gasteiger partial charge is 0.347 e. The lowest BCUT2D eigenvalue weighted by atomic mass is 9.94. The molecule has 2 rings (SSSR count).